The molecule has 0 atom stereocenters. The highest BCUT2D eigenvalue weighted by Gasteiger charge is 2.26. The second-order valence-corrected chi connectivity index (χ2v) is 16.3. The fourth-order valence-electron chi connectivity index (χ4n) is 11.0. The van der Waals surface area contributed by atoms with Crippen LogP contribution in [0.5, 0.6) is 0 Å². The molecule has 0 radical (unpaired) electrons. The van der Waals surface area contributed by atoms with Crippen LogP contribution in [0.1, 0.15) is 0 Å². The number of nitrogens with zero attached hydrogens (tertiary/aromatic N) is 4. The minimum Gasteiger partial charge on any atom is -0.309 e. The van der Waals surface area contributed by atoms with Gasteiger partial charge >= 0.3 is 0 Å². The lowest BCUT2D eigenvalue weighted by Gasteiger charge is -2.11. The lowest BCUT2D eigenvalue weighted by molar-refractivity contribution is 1.18. The van der Waals surface area contributed by atoms with Crippen molar-refractivity contribution in [3.8, 4) is 16.8 Å². The molecule has 59 heavy (non-hydrogen) atoms. The summed E-state index contributed by atoms with van der Waals surface area (Å²) in [6, 6.07) is 67.3. The van der Waals surface area contributed by atoms with E-state index in [1.807, 2.05) is 0 Å². The maximum absolute atomic E-state index is 5.71. The number of para-hydroxylation sites is 4. The molecule has 4 heteroatoms. The normalized spacial score (nSPS) is 12.7. The van der Waals surface area contributed by atoms with Gasteiger partial charge in [-0.1, -0.05) is 127 Å². The van der Waals surface area contributed by atoms with E-state index in [0.717, 1.165) is 16.7 Å². The molecule has 0 fully saturated rings. The van der Waals surface area contributed by atoms with Crippen LogP contribution in [0.25, 0.3) is 137 Å². The molecule has 0 unspecified atom stereocenters. The molecule has 0 saturated carbocycles. The van der Waals surface area contributed by atoms with Gasteiger partial charge in [-0.05, 0) is 81.7 Å². The van der Waals surface area contributed by atoms with E-state index in [1.165, 1.54) is 120 Å². The zero-order valence-electron chi connectivity index (χ0n) is 31.6. The first kappa shape index (κ1) is 30.2. The highest BCUT2D eigenvalue weighted by Crippen LogP contribution is 2.48. The lowest BCUT2D eigenvalue weighted by Crippen LogP contribution is -1.93. The summed E-state index contributed by atoms with van der Waals surface area (Å²) in [5.74, 6) is 0. The molecule has 0 aliphatic carbocycles. The quantitative estimate of drug-likeness (QED) is 0.173. The fourth-order valence-corrected chi connectivity index (χ4v) is 11.0. The Morgan fingerprint density at radius 1 is 0.339 bits per heavy atom. The zero-order valence-corrected chi connectivity index (χ0v) is 31.6. The molecule has 15 aromatic rings. The van der Waals surface area contributed by atoms with E-state index in [0.29, 0.717) is 0 Å². The summed E-state index contributed by atoms with van der Waals surface area (Å²) in [7, 11) is 0. The van der Waals surface area contributed by atoms with Crippen LogP contribution in [0.3, 0.4) is 0 Å². The van der Waals surface area contributed by atoms with Gasteiger partial charge < -0.3 is 8.97 Å². The summed E-state index contributed by atoms with van der Waals surface area (Å²) in [6.45, 7) is 0. The largest absolute Gasteiger partial charge is 0.309 e. The highest BCUT2D eigenvalue weighted by atomic mass is 15.0. The molecule has 6 aromatic heterocycles. The summed E-state index contributed by atoms with van der Waals surface area (Å²) in [5.41, 5.74) is 14.1. The van der Waals surface area contributed by atoms with Gasteiger partial charge in [0.25, 0.3) is 0 Å². The monoisotopic (exact) mass is 746 g/mol. The molecule has 6 heterocycles. The molecule has 4 nitrogen and oxygen atoms in total. The van der Waals surface area contributed by atoms with Crippen LogP contribution >= 0.6 is 0 Å². The van der Waals surface area contributed by atoms with Crippen LogP contribution < -0.4 is 0 Å². The Kier molecular flexibility index (Phi) is 5.38. The van der Waals surface area contributed by atoms with Crippen molar-refractivity contribution >= 4 is 120 Å². The first-order chi connectivity index (χ1) is 29.3. The van der Waals surface area contributed by atoms with Gasteiger partial charge in [0.1, 0.15) is 5.65 Å². The van der Waals surface area contributed by atoms with Crippen molar-refractivity contribution in [2.24, 2.45) is 0 Å². The average Bonchev–Trinajstić information content (AvgIpc) is 4.08. The van der Waals surface area contributed by atoms with E-state index in [9.17, 15) is 0 Å². The molecule has 0 bridgehead atoms. The fraction of sp³-hybridized carbons (Fsp3) is 0. The van der Waals surface area contributed by atoms with Crippen molar-refractivity contribution in [3.05, 3.63) is 182 Å². The topological polar surface area (TPSA) is 26.6 Å². The molecule has 0 aliphatic heterocycles. The Balaban J connectivity index is 1.10. The Morgan fingerprint density at radius 2 is 0.983 bits per heavy atom. The van der Waals surface area contributed by atoms with E-state index >= 15 is 0 Å². The molecule has 9 aromatic carbocycles. The maximum Gasteiger partial charge on any atom is 0.146 e. The molecule has 0 spiro atoms. The number of aromatic nitrogens is 4. The van der Waals surface area contributed by atoms with Crippen molar-refractivity contribution in [1.29, 1.82) is 0 Å². The standard InChI is InChI=1S/C55H30N4/c1-2-15-35(16-3-1)57-46-23-9-8-18-37(46)43-28-34(24-25-47(43)57)42-27-33-14-6-7-17-36(33)50-40-21-11-22-41-51-49(58(53(40)41)54(42)50)30-45-39-20-10-19-38-44-26-31-12-4-5-13-32(31)29-48(44)59(52(38)39)55(45)56-51/h1-30H. The Morgan fingerprint density at radius 3 is 1.85 bits per heavy atom. The second-order valence-electron chi connectivity index (χ2n) is 16.3. The molecular weight excluding hydrogens is 717 g/mol. The van der Waals surface area contributed by atoms with Crippen molar-refractivity contribution in [2.45, 2.75) is 0 Å². The molecule has 270 valence electrons. The first-order valence-electron chi connectivity index (χ1n) is 20.4. The molecule has 0 aliphatic rings. The van der Waals surface area contributed by atoms with Crippen LogP contribution in [0.4, 0.5) is 0 Å². The Hall–Kier alpha value is -7.95. The zero-order chi connectivity index (χ0) is 38.1. The van der Waals surface area contributed by atoms with Crippen molar-refractivity contribution < 1.29 is 0 Å². The lowest BCUT2D eigenvalue weighted by atomic mass is 9.95. The van der Waals surface area contributed by atoms with E-state index in [1.54, 1.807) is 0 Å². The molecule has 0 saturated heterocycles. The van der Waals surface area contributed by atoms with E-state index < -0.39 is 0 Å². The van der Waals surface area contributed by atoms with Crippen molar-refractivity contribution in [1.82, 2.24) is 18.4 Å². The number of pyridine rings is 1. The second kappa shape index (κ2) is 10.5. The predicted molar refractivity (Wildman–Crippen MR) is 248 cm³/mol. The SMILES string of the molecule is c1ccc(-n2c3ccccc3c3cc(-c4cc5ccccc5c5c6cccc7c8nc9c(cc8n(c45)c76)c4cccc5c6cc7ccccc7cc6n9c54)ccc32)cc1. The van der Waals surface area contributed by atoms with E-state index in [4.69, 9.17) is 4.98 Å². The number of hydrogen-bond donors (Lipinski definition) is 0. The van der Waals surface area contributed by atoms with Gasteiger partial charge in [-0.15, -0.1) is 0 Å². The summed E-state index contributed by atoms with van der Waals surface area (Å²) < 4.78 is 7.36. The van der Waals surface area contributed by atoms with Gasteiger partial charge in [0.2, 0.25) is 0 Å². The van der Waals surface area contributed by atoms with E-state index in [2.05, 4.69) is 195 Å². The molecule has 15 rings (SSSR count). The molecular formula is C55H30N4. The molecule has 0 amide bonds. The molecule has 0 N–H and O–H groups in total. The van der Waals surface area contributed by atoms with Crippen molar-refractivity contribution in [2.75, 3.05) is 0 Å². The van der Waals surface area contributed by atoms with Gasteiger partial charge in [-0.25, -0.2) is 4.98 Å². The van der Waals surface area contributed by atoms with Crippen LogP contribution in [0.2, 0.25) is 0 Å². The van der Waals surface area contributed by atoms with Crippen LogP contribution in [0.15, 0.2) is 182 Å². The number of fused-ring (bicyclic) bond motifs is 18. The van der Waals surface area contributed by atoms with E-state index in [-0.39, 0.29) is 0 Å². The van der Waals surface area contributed by atoms with Crippen LogP contribution in [-0.2, 0) is 0 Å². The highest BCUT2D eigenvalue weighted by molar-refractivity contribution is 6.32. The van der Waals surface area contributed by atoms with Crippen molar-refractivity contribution in [3.63, 3.8) is 0 Å². The third-order valence-electron chi connectivity index (χ3n) is 13.4. The summed E-state index contributed by atoms with van der Waals surface area (Å²) in [4.78, 5) is 5.71. The van der Waals surface area contributed by atoms with Gasteiger partial charge in [-0.2, -0.15) is 0 Å². The first-order valence-corrected chi connectivity index (χ1v) is 20.4. The summed E-state index contributed by atoms with van der Waals surface area (Å²) >= 11 is 0. The minimum atomic E-state index is 1.01. The third kappa shape index (κ3) is 3.65. The van der Waals surface area contributed by atoms with Gasteiger partial charge in [0.15, 0.2) is 0 Å². The smallest absolute Gasteiger partial charge is 0.146 e. The number of benzene rings is 9. The maximum atomic E-state index is 5.71. The van der Waals surface area contributed by atoms with Crippen LogP contribution in [-0.4, -0.2) is 18.4 Å². The Bertz CT molecular complexity index is 4300. The van der Waals surface area contributed by atoms with Gasteiger partial charge in [-0.3, -0.25) is 4.40 Å². The number of rotatable bonds is 2. The number of hydrogen-bond acceptors (Lipinski definition) is 1. The Labute approximate surface area is 335 Å². The third-order valence-corrected chi connectivity index (χ3v) is 13.4. The summed E-state index contributed by atoms with van der Waals surface area (Å²) in [6.07, 6.45) is 0. The van der Waals surface area contributed by atoms with Crippen LogP contribution in [0, 0.1) is 0 Å². The minimum absolute atomic E-state index is 1.01. The summed E-state index contributed by atoms with van der Waals surface area (Å²) in [5, 5.41) is 16.2. The average molecular weight is 747 g/mol. The van der Waals surface area contributed by atoms with Gasteiger partial charge in [0, 0.05) is 59.7 Å². The predicted octanol–water partition coefficient (Wildman–Crippen LogP) is 14.5. The van der Waals surface area contributed by atoms with Gasteiger partial charge in [0.05, 0.1) is 44.1 Å².